The maximum atomic E-state index is 12.7. The number of rotatable bonds is 6. The van der Waals surface area contributed by atoms with E-state index in [2.05, 4.69) is 10.3 Å². The molecule has 1 amide bonds. The van der Waals surface area contributed by atoms with Gasteiger partial charge in [0.1, 0.15) is 28.0 Å². The van der Waals surface area contributed by atoms with Gasteiger partial charge in [0.05, 0.1) is 6.20 Å². The molecule has 116 valence electrons. The number of halogens is 1. The lowest BCUT2D eigenvalue weighted by atomic mass is 10.3. The fourth-order valence-electron chi connectivity index (χ4n) is 1.73. The van der Waals surface area contributed by atoms with Gasteiger partial charge in [-0.05, 0) is 25.5 Å². The van der Waals surface area contributed by atoms with Crippen molar-refractivity contribution < 1.29 is 17.6 Å². The average Bonchev–Trinajstić information content (AvgIpc) is 2.39. The highest BCUT2D eigenvalue weighted by molar-refractivity contribution is 7.93. The van der Waals surface area contributed by atoms with Gasteiger partial charge in [0.2, 0.25) is 0 Å². The highest BCUT2D eigenvalue weighted by Crippen LogP contribution is 2.12. The minimum Gasteiger partial charge on any atom is -0.387 e. The molecule has 0 bridgehead atoms. The fraction of sp³-hybridized carbons (Fsp3) is 0.417. The molecule has 0 saturated carbocycles. The van der Waals surface area contributed by atoms with Crippen LogP contribution in [0.3, 0.4) is 0 Å². The van der Waals surface area contributed by atoms with E-state index in [-0.39, 0.29) is 12.1 Å². The van der Waals surface area contributed by atoms with Crippen molar-refractivity contribution >= 4 is 21.6 Å². The molecule has 7 nitrogen and oxygen atoms in total. The van der Waals surface area contributed by atoms with Gasteiger partial charge in [0.25, 0.3) is 5.91 Å². The Hall–Kier alpha value is -2.03. The number of amides is 1. The lowest BCUT2D eigenvalue weighted by Gasteiger charge is -2.20. The summed E-state index contributed by atoms with van der Waals surface area (Å²) in [6.07, 6.45) is 0.991. The Morgan fingerprint density at radius 3 is 2.57 bits per heavy atom. The van der Waals surface area contributed by atoms with Crippen LogP contribution in [0.2, 0.25) is 0 Å². The summed E-state index contributed by atoms with van der Waals surface area (Å²) < 4.78 is 37.1. The van der Waals surface area contributed by atoms with E-state index in [0.29, 0.717) is 0 Å². The number of nitrogens with two attached hydrogens (primary N) is 1. The van der Waals surface area contributed by atoms with Crippen molar-refractivity contribution in [3.05, 3.63) is 29.8 Å². The topological polar surface area (TPSA) is 126 Å². The van der Waals surface area contributed by atoms with E-state index in [4.69, 9.17) is 11.1 Å². The zero-order valence-electron chi connectivity index (χ0n) is 11.6. The molecule has 0 aliphatic carbocycles. The molecule has 0 spiro atoms. The van der Waals surface area contributed by atoms with Crippen LogP contribution in [0.25, 0.3) is 0 Å². The van der Waals surface area contributed by atoms with E-state index in [1.165, 1.54) is 6.92 Å². The molecule has 2 atom stereocenters. The Balaban J connectivity index is 2.89. The van der Waals surface area contributed by atoms with Crippen molar-refractivity contribution in [2.24, 2.45) is 5.73 Å². The van der Waals surface area contributed by atoms with Crippen LogP contribution in [-0.2, 0) is 9.84 Å². The number of pyridine rings is 1. The average molecular weight is 316 g/mol. The van der Waals surface area contributed by atoms with Gasteiger partial charge in [0, 0.05) is 0 Å². The van der Waals surface area contributed by atoms with Gasteiger partial charge in [-0.25, -0.2) is 17.8 Å². The molecule has 1 rings (SSSR count). The Morgan fingerprint density at radius 2 is 2.14 bits per heavy atom. The number of carbonyl (C=O) groups is 1. The maximum absolute atomic E-state index is 12.7. The number of nitrogens with zero attached hydrogens (tertiary/aromatic N) is 1. The van der Waals surface area contributed by atoms with Gasteiger partial charge < -0.3 is 11.1 Å². The Bertz CT molecular complexity index is 630. The Labute approximate surface area is 122 Å². The quantitative estimate of drug-likeness (QED) is 0.518. The lowest BCUT2D eigenvalue weighted by molar-refractivity contribution is 0.0945. The van der Waals surface area contributed by atoms with Crippen molar-refractivity contribution in [1.29, 1.82) is 5.41 Å². The zero-order valence-corrected chi connectivity index (χ0v) is 12.4. The number of nitrogens with one attached hydrogen (secondary N) is 2. The summed E-state index contributed by atoms with van der Waals surface area (Å²) in [6.45, 7) is 2.86. The second kappa shape index (κ2) is 6.61. The van der Waals surface area contributed by atoms with E-state index in [1.807, 2.05) is 0 Å². The minimum absolute atomic E-state index is 0.102. The zero-order chi connectivity index (χ0) is 16.2. The Morgan fingerprint density at radius 1 is 1.52 bits per heavy atom. The largest absolute Gasteiger partial charge is 0.387 e. The van der Waals surface area contributed by atoms with Crippen molar-refractivity contribution in [1.82, 2.24) is 10.3 Å². The van der Waals surface area contributed by atoms with E-state index in [9.17, 15) is 17.6 Å². The van der Waals surface area contributed by atoms with Crippen LogP contribution in [0.15, 0.2) is 18.3 Å². The van der Waals surface area contributed by atoms with Crippen LogP contribution in [0.5, 0.6) is 0 Å². The summed E-state index contributed by atoms with van der Waals surface area (Å²) in [4.78, 5) is 15.4. The first-order valence-corrected chi connectivity index (χ1v) is 7.80. The normalized spacial score (nSPS) is 14.2. The van der Waals surface area contributed by atoms with Gasteiger partial charge in [-0.1, -0.05) is 6.92 Å². The second-order valence-corrected chi connectivity index (χ2v) is 6.87. The minimum atomic E-state index is -3.84. The molecule has 0 saturated heterocycles. The number of aromatic nitrogens is 1. The molecule has 0 aromatic carbocycles. The molecule has 0 radical (unpaired) electrons. The van der Waals surface area contributed by atoms with Crippen LogP contribution in [-0.4, -0.2) is 35.8 Å². The summed E-state index contributed by atoms with van der Waals surface area (Å²) >= 11 is 0. The molecule has 1 heterocycles. The molecule has 1 aromatic rings. The van der Waals surface area contributed by atoms with Crippen LogP contribution < -0.4 is 11.1 Å². The molecule has 21 heavy (non-hydrogen) atoms. The lowest BCUT2D eigenvalue weighted by Crippen LogP contribution is -2.47. The molecule has 4 N–H and O–H groups in total. The molecule has 0 aliphatic heterocycles. The van der Waals surface area contributed by atoms with Crippen LogP contribution >= 0.6 is 0 Å². The Kier molecular flexibility index (Phi) is 5.36. The first-order valence-electron chi connectivity index (χ1n) is 6.19. The van der Waals surface area contributed by atoms with Crippen molar-refractivity contribution in [3.63, 3.8) is 0 Å². The molecular formula is C12H17FN4O3S. The van der Waals surface area contributed by atoms with Gasteiger partial charge in [0.15, 0.2) is 9.84 Å². The molecule has 9 heteroatoms. The summed E-state index contributed by atoms with van der Waals surface area (Å²) in [7, 11) is -3.84. The molecule has 0 aliphatic rings. The number of amidine groups is 1. The summed E-state index contributed by atoms with van der Waals surface area (Å²) in [5.74, 6) is -1.82. The molecular weight excluding hydrogens is 299 g/mol. The number of sulfone groups is 1. The van der Waals surface area contributed by atoms with Crippen molar-refractivity contribution in [2.75, 3.05) is 0 Å². The van der Waals surface area contributed by atoms with Crippen molar-refractivity contribution in [3.8, 4) is 0 Å². The first-order chi connectivity index (χ1) is 9.70. The van der Waals surface area contributed by atoms with Gasteiger partial charge in [-0.15, -0.1) is 0 Å². The molecule has 1 aromatic heterocycles. The van der Waals surface area contributed by atoms with Gasteiger partial charge in [-0.2, -0.15) is 0 Å². The standard InChI is InChI=1S/C12H17FN4O3S/c1-3-10(11(14)15)21(19,20)7(2)17-12(18)9-5-4-8(13)6-16-9/h4-7,10H,3H2,1-2H3,(H3,14,15)(H,17,18). The third-order valence-corrected chi connectivity index (χ3v) is 5.39. The van der Waals surface area contributed by atoms with Crippen molar-refractivity contribution in [2.45, 2.75) is 30.9 Å². The number of hydrogen-bond acceptors (Lipinski definition) is 5. The third-order valence-electron chi connectivity index (χ3n) is 2.90. The van der Waals surface area contributed by atoms with Crippen LogP contribution in [0.4, 0.5) is 4.39 Å². The SMILES string of the molecule is CCC(C(=N)N)S(=O)(=O)C(C)NC(=O)c1ccc(F)cn1. The summed E-state index contributed by atoms with van der Waals surface area (Å²) in [5.41, 5.74) is 5.16. The van der Waals surface area contributed by atoms with E-state index < -0.39 is 38.0 Å². The highest BCUT2D eigenvalue weighted by Gasteiger charge is 2.33. The van der Waals surface area contributed by atoms with Crippen LogP contribution in [0.1, 0.15) is 30.8 Å². The second-order valence-electron chi connectivity index (χ2n) is 4.42. The van der Waals surface area contributed by atoms with E-state index >= 15 is 0 Å². The predicted octanol–water partition coefficient (Wildman–Crippen LogP) is 0.426. The smallest absolute Gasteiger partial charge is 0.270 e. The first kappa shape index (κ1) is 17.0. The summed E-state index contributed by atoms with van der Waals surface area (Å²) in [5, 5.41) is 7.16. The summed E-state index contributed by atoms with van der Waals surface area (Å²) in [6, 6.07) is 2.19. The number of hydrogen-bond donors (Lipinski definition) is 3. The maximum Gasteiger partial charge on any atom is 0.270 e. The van der Waals surface area contributed by atoms with E-state index in [0.717, 1.165) is 18.3 Å². The van der Waals surface area contributed by atoms with E-state index in [1.54, 1.807) is 6.92 Å². The number of carbonyl (C=O) groups excluding carboxylic acids is 1. The molecule has 0 fully saturated rings. The third kappa shape index (κ3) is 3.97. The highest BCUT2D eigenvalue weighted by atomic mass is 32.2. The monoisotopic (exact) mass is 316 g/mol. The van der Waals surface area contributed by atoms with Gasteiger partial charge >= 0.3 is 0 Å². The van der Waals surface area contributed by atoms with Crippen LogP contribution in [0, 0.1) is 11.2 Å². The fourth-order valence-corrected chi connectivity index (χ4v) is 3.31. The predicted molar refractivity (Wildman–Crippen MR) is 76.0 cm³/mol. The van der Waals surface area contributed by atoms with Gasteiger partial charge in [-0.3, -0.25) is 10.2 Å². The molecule has 2 unspecified atom stereocenters.